The molecular weight excluding hydrogens is 210 g/mol. The van der Waals surface area contributed by atoms with Crippen molar-refractivity contribution in [3.8, 4) is 0 Å². The Morgan fingerprint density at radius 3 is 2.19 bits per heavy atom. The molecule has 0 aromatic carbocycles. The van der Waals surface area contributed by atoms with Crippen molar-refractivity contribution in [2.75, 3.05) is 0 Å². The molecule has 0 aromatic heterocycles. The predicted molar refractivity (Wildman–Crippen MR) is 58.2 cm³/mol. The lowest BCUT2D eigenvalue weighted by Crippen LogP contribution is -2.68. The number of carbonyl (C=O) groups excluding carboxylic acids is 1. The molecule has 0 bridgehead atoms. The molecule has 1 N–H and O–H groups in total. The van der Waals surface area contributed by atoms with Crippen molar-refractivity contribution in [2.24, 2.45) is 0 Å². The number of hydrogen-bond donors (Lipinski definition) is 1. The van der Waals surface area contributed by atoms with Gasteiger partial charge in [-0.1, -0.05) is 0 Å². The lowest BCUT2D eigenvalue weighted by molar-refractivity contribution is -0.156. The first kappa shape index (κ1) is 12.8. The smallest absolute Gasteiger partial charge is 0.411 e. The number of amides is 1. The number of rotatable bonds is 1. The van der Waals surface area contributed by atoms with Gasteiger partial charge in [-0.25, -0.2) is 9.59 Å². The minimum absolute atomic E-state index is 0.439. The molecule has 1 aliphatic rings. The number of likely N-dealkylation sites (tertiary alicyclic amines) is 1. The maximum atomic E-state index is 11.8. The van der Waals surface area contributed by atoms with E-state index in [4.69, 9.17) is 9.84 Å². The van der Waals surface area contributed by atoms with Crippen LogP contribution in [-0.2, 0) is 9.53 Å². The molecule has 1 fully saturated rings. The molecule has 0 unspecified atom stereocenters. The van der Waals surface area contributed by atoms with Crippen molar-refractivity contribution in [3.05, 3.63) is 0 Å². The Morgan fingerprint density at radius 2 is 1.88 bits per heavy atom. The summed E-state index contributed by atoms with van der Waals surface area (Å²) < 4.78 is 5.18. The summed E-state index contributed by atoms with van der Waals surface area (Å²) in [4.78, 5) is 24.0. The van der Waals surface area contributed by atoms with E-state index in [9.17, 15) is 9.59 Å². The van der Waals surface area contributed by atoms with Crippen molar-refractivity contribution >= 4 is 12.1 Å². The number of aliphatic carboxylic acids is 1. The van der Waals surface area contributed by atoms with E-state index in [-0.39, 0.29) is 0 Å². The van der Waals surface area contributed by atoms with Crippen LogP contribution in [0.15, 0.2) is 0 Å². The zero-order valence-corrected chi connectivity index (χ0v) is 10.4. The highest BCUT2D eigenvalue weighted by Gasteiger charge is 2.52. The summed E-state index contributed by atoms with van der Waals surface area (Å²) in [7, 11) is 0. The summed E-state index contributed by atoms with van der Waals surface area (Å²) in [5.74, 6) is -0.981. The van der Waals surface area contributed by atoms with Crippen LogP contribution in [0.2, 0.25) is 0 Å². The van der Waals surface area contributed by atoms with Crippen molar-refractivity contribution < 1.29 is 19.4 Å². The van der Waals surface area contributed by atoms with Gasteiger partial charge < -0.3 is 9.84 Å². The molecule has 1 saturated heterocycles. The predicted octanol–water partition coefficient (Wildman–Crippen LogP) is 1.86. The van der Waals surface area contributed by atoms with Crippen LogP contribution in [-0.4, -0.2) is 39.3 Å². The van der Waals surface area contributed by atoms with Crippen LogP contribution in [0.5, 0.6) is 0 Å². The summed E-state index contributed by atoms with van der Waals surface area (Å²) in [6.07, 6.45) is -0.0992. The third-order valence-corrected chi connectivity index (χ3v) is 2.53. The standard InChI is InChI=1S/C11H19NO4/c1-10(2,3)16-9(15)12-7(8(13)14)6-11(12,4)5/h7H,6H2,1-5H3,(H,13,14)/t7-/m1/s1. The molecule has 92 valence electrons. The van der Waals surface area contributed by atoms with E-state index in [1.54, 1.807) is 20.8 Å². The monoisotopic (exact) mass is 229 g/mol. The fourth-order valence-electron chi connectivity index (χ4n) is 1.86. The molecule has 1 aliphatic heterocycles. The minimum atomic E-state index is -0.981. The summed E-state index contributed by atoms with van der Waals surface area (Å²) >= 11 is 0. The SMILES string of the molecule is CC(C)(C)OC(=O)N1[C@@H](C(=O)O)CC1(C)C. The van der Waals surface area contributed by atoms with Crippen LogP contribution >= 0.6 is 0 Å². The van der Waals surface area contributed by atoms with Gasteiger partial charge in [0.05, 0.1) is 0 Å². The number of nitrogens with zero attached hydrogens (tertiary/aromatic N) is 1. The third kappa shape index (κ3) is 2.46. The van der Waals surface area contributed by atoms with Gasteiger partial charge in [0.1, 0.15) is 11.6 Å². The Bertz CT molecular complexity index is 316. The number of carboxylic acid groups (broad SMARTS) is 1. The van der Waals surface area contributed by atoms with E-state index in [2.05, 4.69) is 0 Å². The van der Waals surface area contributed by atoms with Gasteiger partial charge in [-0.15, -0.1) is 0 Å². The van der Waals surface area contributed by atoms with Gasteiger partial charge in [-0.05, 0) is 34.6 Å². The lowest BCUT2D eigenvalue weighted by atomic mass is 9.82. The molecule has 1 rings (SSSR count). The fourth-order valence-corrected chi connectivity index (χ4v) is 1.86. The Hall–Kier alpha value is -1.26. The van der Waals surface area contributed by atoms with Crippen LogP contribution in [0.3, 0.4) is 0 Å². The molecular formula is C11H19NO4. The van der Waals surface area contributed by atoms with Crippen molar-refractivity contribution in [3.63, 3.8) is 0 Å². The van der Waals surface area contributed by atoms with Crippen LogP contribution in [0, 0.1) is 0 Å². The number of carbonyl (C=O) groups is 2. The molecule has 16 heavy (non-hydrogen) atoms. The maximum absolute atomic E-state index is 11.8. The van der Waals surface area contributed by atoms with E-state index >= 15 is 0 Å². The second kappa shape index (κ2) is 3.64. The second-order valence-electron chi connectivity index (χ2n) is 5.72. The molecule has 1 heterocycles. The molecule has 0 aliphatic carbocycles. The van der Waals surface area contributed by atoms with Gasteiger partial charge in [-0.2, -0.15) is 0 Å². The Balaban J connectivity index is 2.76. The zero-order valence-electron chi connectivity index (χ0n) is 10.4. The average molecular weight is 229 g/mol. The topological polar surface area (TPSA) is 66.8 Å². The number of hydrogen-bond acceptors (Lipinski definition) is 3. The summed E-state index contributed by atoms with van der Waals surface area (Å²) in [6.45, 7) is 8.93. The molecule has 1 amide bonds. The summed E-state index contributed by atoms with van der Waals surface area (Å²) in [6, 6.07) is -0.759. The highest BCUT2D eigenvalue weighted by molar-refractivity contribution is 5.83. The van der Waals surface area contributed by atoms with Gasteiger partial charge in [0.15, 0.2) is 0 Å². The van der Waals surface area contributed by atoms with Gasteiger partial charge in [-0.3, -0.25) is 4.90 Å². The van der Waals surface area contributed by atoms with E-state index in [1.807, 2.05) is 13.8 Å². The van der Waals surface area contributed by atoms with Crippen LogP contribution in [0.25, 0.3) is 0 Å². The maximum Gasteiger partial charge on any atom is 0.411 e. The molecule has 1 atom stereocenters. The highest BCUT2D eigenvalue weighted by atomic mass is 16.6. The van der Waals surface area contributed by atoms with Crippen LogP contribution < -0.4 is 0 Å². The zero-order chi connectivity index (χ0) is 12.7. The lowest BCUT2D eigenvalue weighted by Gasteiger charge is -2.52. The molecule has 0 saturated carbocycles. The Morgan fingerprint density at radius 1 is 1.38 bits per heavy atom. The van der Waals surface area contributed by atoms with Crippen LogP contribution in [0.4, 0.5) is 4.79 Å². The molecule has 0 spiro atoms. The van der Waals surface area contributed by atoms with E-state index in [0.717, 1.165) is 0 Å². The molecule has 0 radical (unpaired) electrons. The molecule has 0 aromatic rings. The fraction of sp³-hybridized carbons (Fsp3) is 0.818. The Labute approximate surface area is 95.4 Å². The third-order valence-electron chi connectivity index (χ3n) is 2.53. The summed E-state index contributed by atoms with van der Waals surface area (Å²) in [5, 5.41) is 8.93. The van der Waals surface area contributed by atoms with Crippen molar-refractivity contribution in [2.45, 2.75) is 58.2 Å². The Kier molecular flexibility index (Phi) is 2.92. The van der Waals surface area contributed by atoms with Gasteiger partial charge in [0.2, 0.25) is 0 Å². The highest BCUT2D eigenvalue weighted by Crippen LogP contribution is 2.37. The van der Waals surface area contributed by atoms with E-state index < -0.39 is 29.2 Å². The second-order valence-corrected chi connectivity index (χ2v) is 5.72. The average Bonchev–Trinajstić information content (AvgIpc) is 1.95. The van der Waals surface area contributed by atoms with Crippen LogP contribution in [0.1, 0.15) is 41.0 Å². The van der Waals surface area contributed by atoms with Crippen molar-refractivity contribution in [1.29, 1.82) is 0 Å². The molecule has 5 nitrogen and oxygen atoms in total. The van der Waals surface area contributed by atoms with Gasteiger partial charge in [0.25, 0.3) is 0 Å². The van der Waals surface area contributed by atoms with E-state index in [1.165, 1.54) is 4.90 Å². The first-order valence-electron chi connectivity index (χ1n) is 5.30. The van der Waals surface area contributed by atoms with E-state index in [0.29, 0.717) is 6.42 Å². The first-order valence-corrected chi connectivity index (χ1v) is 5.30. The summed E-state index contributed by atoms with van der Waals surface area (Å²) in [5.41, 5.74) is -1.04. The largest absolute Gasteiger partial charge is 0.480 e. The minimum Gasteiger partial charge on any atom is -0.480 e. The van der Waals surface area contributed by atoms with Crippen molar-refractivity contribution in [1.82, 2.24) is 4.90 Å². The molecule has 5 heteroatoms. The number of ether oxygens (including phenoxy) is 1. The first-order chi connectivity index (χ1) is 7.04. The quantitative estimate of drug-likeness (QED) is 0.745. The van der Waals surface area contributed by atoms with Gasteiger partial charge >= 0.3 is 12.1 Å². The normalized spacial score (nSPS) is 23.6. The number of carboxylic acids is 1. The van der Waals surface area contributed by atoms with Gasteiger partial charge in [0, 0.05) is 12.0 Å².